The molecule has 0 aliphatic carbocycles. The lowest BCUT2D eigenvalue weighted by Gasteiger charge is -2.08. The third-order valence-corrected chi connectivity index (χ3v) is 2.55. The quantitative estimate of drug-likeness (QED) is 0.667. The second-order valence-electron chi connectivity index (χ2n) is 3.75. The first-order valence-corrected chi connectivity index (χ1v) is 5.15. The first kappa shape index (κ1) is 10.5. The van der Waals surface area contributed by atoms with Crippen LogP contribution in [-0.2, 0) is 6.54 Å². The molecule has 3 heteroatoms. The summed E-state index contributed by atoms with van der Waals surface area (Å²) in [5, 5.41) is 0. The van der Waals surface area contributed by atoms with E-state index in [2.05, 4.69) is 0 Å². The molecule has 16 heavy (non-hydrogen) atoms. The van der Waals surface area contributed by atoms with E-state index in [9.17, 15) is 0 Å². The summed E-state index contributed by atoms with van der Waals surface area (Å²) in [7, 11) is 0. The van der Waals surface area contributed by atoms with Crippen molar-refractivity contribution in [3.05, 3.63) is 48.0 Å². The van der Waals surface area contributed by atoms with Gasteiger partial charge in [0.25, 0.3) is 0 Å². The summed E-state index contributed by atoms with van der Waals surface area (Å²) in [6, 6.07) is 13.5. The minimum atomic E-state index is 0.524. The highest BCUT2D eigenvalue weighted by molar-refractivity contribution is 5.79. The van der Waals surface area contributed by atoms with Gasteiger partial charge in [-0.15, -0.1) is 0 Å². The van der Waals surface area contributed by atoms with E-state index in [1.807, 2.05) is 36.4 Å². The van der Waals surface area contributed by atoms with Crippen molar-refractivity contribution in [2.24, 2.45) is 5.73 Å². The number of nitrogens with two attached hydrogens (primary N) is 3. The Bertz CT molecular complexity index is 506. The molecular formula is C13H15N3. The predicted octanol–water partition coefficient (Wildman–Crippen LogP) is 1.98. The van der Waals surface area contributed by atoms with Crippen LogP contribution in [0.1, 0.15) is 5.56 Å². The molecule has 0 atom stereocenters. The maximum absolute atomic E-state index is 5.93. The number of anilines is 2. The molecule has 0 radical (unpaired) electrons. The molecule has 6 N–H and O–H groups in total. The zero-order chi connectivity index (χ0) is 11.5. The van der Waals surface area contributed by atoms with Crippen LogP contribution < -0.4 is 17.2 Å². The lowest BCUT2D eigenvalue weighted by molar-refractivity contribution is 1.07. The minimum absolute atomic E-state index is 0.524. The number of rotatable bonds is 2. The molecule has 0 saturated carbocycles. The topological polar surface area (TPSA) is 78.1 Å². The van der Waals surface area contributed by atoms with Gasteiger partial charge in [0.1, 0.15) is 0 Å². The van der Waals surface area contributed by atoms with Gasteiger partial charge in [0.2, 0.25) is 0 Å². The number of benzene rings is 2. The van der Waals surface area contributed by atoms with Gasteiger partial charge in [-0.25, -0.2) is 0 Å². The lowest BCUT2D eigenvalue weighted by atomic mass is 10.0. The molecule has 82 valence electrons. The fourth-order valence-electron chi connectivity index (χ4n) is 1.69. The normalized spacial score (nSPS) is 10.3. The molecule has 0 unspecified atom stereocenters. The maximum Gasteiger partial charge on any atom is 0.0395 e. The average Bonchev–Trinajstić information content (AvgIpc) is 2.32. The SMILES string of the molecule is NCc1cccc(-c2cc(N)ccc2N)c1. The Hall–Kier alpha value is -2.00. The van der Waals surface area contributed by atoms with Crippen molar-refractivity contribution in [3.8, 4) is 11.1 Å². The second kappa shape index (κ2) is 4.24. The zero-order valence-corrected chi connectivity index (χ0v) is 8.98. The van der Waals surface area contributed by atoms with Gasteiger partial charge in [-0.1, -0.05) is 18.2 Å². The van der Waals surface area contributed by atoms with Crippen LogP contribution in [0.2, 0.25) is 0 Å². The zero-order valence-electron chi connectivity index (χ0n) is 8.98. The molecule has 2 aromatic carbocycles. The summed E-state index contributed by atoms with van der Waals surface area (Å²) in [4.78, 5) is 0. The smallest absolute Gasteiger partial charge is 0.0395 e. The van der Waals surface area contributed by atoms with Crippen molar-refractivity contribution in [3.63, 3.8) is 0 Å². The Morgan fingerprint density at radius 1 is 0.938 bits per heavy atom. The molecule has 0 amide bonds. The molecule has 3 nitrogen and oxygen atoms in total. The van der Waals surface area contributed by atoms with Gasteiger partial charge in [-0.3, -0.25) is 0 Å². The van der Waals surface area contributed by atoms with Crippen LogP contribution in [-0.4, -0.2) is 0 Å². The summed E-state index contributed by atoms with van der Waals surface area (Å²) >= 11 is 0. The summed E-state index contributed by atoms with van der Waals surface area (Å²) in [5.41, 5.74) is 21.8. The van der Waals surface area contributed by atoms with E-state index in [1.54, 1.807) is 6.07 Å². The van der Waals surface area contributed by atoms with Crippen molar-refractivity contribution in [2.75, 3.05) is 11.5 Å². The van der Waals surface area contributed by atoms with Gasteiger partial charge in [0.05, 0.1) is 0 Å². The largest absolute Gasteiger partial charge is 0.399 e. The summed E-state index contributed by atoms with van der Waals surface area (Å²) < 4.78 is 0. The molecule has 0 heterocycles. The Labute approximate surface area is 94.9 Å². The molecule has 2 rings (SSSR count). The lowest BCUT2D eigenvalue weighted by Crippen LogP contribution is -1.97. The molecule has 0 aliphatic rings. The molecule has 0 fully saturated rings. The summed E-state index contributed by atoms with van der Waals surface area (Å²) in [6.07, 6.45) is 0. The van der Waals surface area contributed by atoms with E-state index in [-0.39, 0.29) is 0 Å². The molecule has 0 aromatic heterocycles. The molecule has 2 aromatic rings. The van der Waals surface area contributed by atoms with Crippen LogP contribution in [0.25, 0.3) is 11.1 Å². The van der Waals surface area contributed by atoms with Gasteiger partial charge in [-0.2, -0.15) is 0 Å². The third kappa shape index (κ3) is 1.99. The highest BCUT2D eigenvalue weighted by atomic mass is 14.6. The Morgan fingerprint density at radius 3 is 2.50 bits per heavy atom. The van der Waals surface area contributed by atoms with E-state index in [0.29, 0.717) is 12.2 Å². The Morgan fingerprint density at radius 2 is 1.75 bits per heavy atom. The van der Waals surface area contributed by atoms with Gasteiger partial charge < -0.3 is 17.2 Å². The summed E-state index contributed by atoms with van der Waals surface area (Å²) in [5.74, 6) is 0. The highest BCUT2D eigenvalue weighted by Gasteiger charge is 2.03. The number of nitrogen functional groups attached to an aromatic ring is 2. The number of hydrogen-bond acceptors (Lipinski definition) is 3. The second-order valence-corrected chi connectivity index (χ2v) is 3.75. The van der Waals surface area contributed by atoms with Crippen LogP contribution in [0.4, 0.5) is 11.4 Å². The van der Waals surface area contributed by atoms with Crippen molar-refractivity contribution in [2.45, 2.75) is 6.54 Å². The van der Waals surface area contributed by atoms with Crippen molar-refractivity contribution < 1.29 is 0 Å². The van der Waals surface area contributed by atoms with Gasteiger partial charge >= 0.3 is 0 Å². The molecule has 0 spiro atoms. The molecule has 0 aliphatic heterocycles. The van der Waals surface area contributed by atoms with E-state index in [1.165, 1.54) is 0 Å². The van der Waals surface area contributed by atoms with E-state index in [4.69, 9.17) is 17.2 Å². The van der Waals surface area contributed by atoms with Crippen molar-refractivity contribution >= 4 is 11.4 Å². The standard InChI is InChI=1S/C13H15N3/c14-8-9-2-1-3-10(6-9)12-7-11(15)4-5-13(12)16/h1-7H,8,14-16H2. The van der Waals surface area contributed by atoms with Crippen LogP contribution in [0, 0.1) is 0 Å². The Kier molecular flexibility index (Phi) is 2.79. The third-order valence-electron chi connectivity index (χ3n) is 2.55. The summed E-state index contributed by atoms with van der Waals surface area (Å²) in [6.45, 7) is 0.524. The van der Waals surface area contributed by atoms with Crippen LogP contribution in [0.5, 0.6) is 0 Å². The maximum atomic E-state index is 5.93. The predicted molar refractivity (Wildman–Crippen MR) is 68.6 cm³/mol. The Balaban J connectivity index is 2.53. The van der Waals surface area contributed by atoms with Gasteiger partial charge in [-0.05, 0) is 35.4 Å². The average molecular weight is 213 g/mol. The van der Waals surface area contributed by atoms with Crippen LogP contribution >= 0.6 is 0 Å². The van der Waals surface area contributed by atoms with Gasteiger partial charge in [0, 0.05) is 23.5 Å². The van der Waals surface area contributed by atoms with E-state index in [0.717, 1.165) is 22.4 Å². The first-order valence-electron chi connectivity index (χ1n) is 5.15. The molecule has 0 bridgehead atoms. The van der Waals surface area contributed by atoms with E-state index < -0.39 is 0 Å². The van der Waals surface area contributed by atoms with Crippen molar-refractivity contribution in [1.82, 2.24) is 0 Å². The minimum Gasteiger partial charge on any atom is -0.399 e. The highest BCUT2D eigenvalue weighted by Crippen LogP contribution is 2.28. The number of hydrogen-bond donors (Lipinski definition) is 3. The monoisotopic (exact) mass is 213 g/mol. The van der Waals surface area contributed by atoms with E-state index >= 15 is 0 Å². The van der Waals surface area contributed by atoms with Crippen LogP contribution in [0.3, 0.4) is 0 Å². The van der Waals surface area contributed by atoms with Gasteiger partial charge in [0.15, 0.2) is 0 Å². The fourth-order valence-corrected chi connectivity index (χ4v) is 1.69. The van der Waals surface area contributed by atoms with Crippen molar-refractivity contribution in [1.29, 1.82) is 0 Å². The molecule has 0 saturated heterocycles. The first-order chi connectivity index (χ1) is 7.70. The van der Waals surface area contributed by atoms with Crippen LogP contribution in [0.15, 0.2) is 42.5 Å². The molecular weight excluding hydrogens is 198 g/mol. The fraction of sp³-hybridized carbons (Fsp3) is 0.0769.